The van der Waals surface area contributed by atoms with Gasteiger partial charge in [-0.2, -0.15) is 0 Å². The van der Waals surface area contributed by atoms with Crippen LogP contribution in [0.25, 0.3) is 0 Å². The lowest BCUT2D eigenvalue weighted by Crippen LogP contribution is -2.19. The standard InChI is InChI=1S/C17H20ClNO/c18-16-8-6-14(7-9-16)12-15(13-19)10-11-20-17-4-2-1-3-5-17/h1-9,15H,10-13,19H2. The fourth-order valence-electron chi connectivity index (χ4n) is 2.12. The Kier molecular flexibility index (Phi) is 5.90. The highest BCUT2D eigenvalue weighted by Gasteiger charge is 2.08. The minimum Gasteiger partial charge on any atom is -0.494 e. The van der Waals surface area contributed by atoms with Crippen LogP contribution in [0.4, 0.5) is 0 Å². The Balaban J connectivity index is 1.79. The smallest absolute Gasteiger partial charge is 0.119 e. The monoisotopic (exact) mass is 289 g/mol. The molecule has 0 aromatic heterocycles. The number of benzene rings is 2. The number of rotatable bonds is 7. The number of halogens is 1. The average molecular weight is 290 g/mol. The fourth-order valence-corrected chi connectivity index (χ4v) is 2.24. The van der Waals surface area contributed by atoms with E-state index < -0.39 is 0 Å². The summed E-state index contributed by atoms with van der Waals surface area (Å²) < 4.78 is 5.72. The van der Waals surface area contributed by atoms with Crippen LogP contribution in [-0.4, -0.2) is 13.2 Å². The molecule has 2 N–H and O–H groups in total. The van der Waals surface area contributed by atoms with Gasteiger partial charge in [0.1, 0.15) is 5.75 Å². The van der Waals surface area contributed by atoms with Crippen molar-refractivity contribution in [2.24, 2.45) is 11.7 Å². The topological polar surface area (TPSA) is 35.2 Å². The molecule has 0 heterocycles. The molecule has 20 heavy (non-hydrogen) atoms. The van der Waals surface area contributed by atoms with Crippen LogP contribution in [0.3, 0.4) is 0 Å². The molecule has 0 radical (unpaired) electrons. The Morgan fingerprint density at radius 1 is 1.00 bits per heavy atom. The number of hydrogen-bond acceptors (Lipinski definition) is 2. The summed E-state index contributed by atoms with van der Waals surface area (Å²) in [6.07, 6.45) is 1.92. The third kappa shape index (κ3) is 4.87. The van der Waals surface area contributed by atoms with Gasteiger partial charge in [-0.3, -0.25) is 0 Å². The van der Waals surface area contributed by atoms with Gasteiger partial charge in [-0.15, -0.1) is 0 Å². The molecule has 2 aromatic rings. The van der Waals surface area contributed by atoms with Gasteiger partial charge in [0.15, 0.2) is 0 Å². The summed E-state index contributed by atoms with van der Waals surface area (Å²) in [6.45, 7) is 1.36. The van der Waals surface area contributed by atoms with E-state index >= 15 is 0 Å². The molecular weight excluding hydrogens is 270 g/mol. The third-order valence-corrected chi connectivity index (χ3v) is 3.56. The van der Waals surface area contributed by atoms with Gasteiger partial charge in [-0.05, 0) is 55.1 Å². The third-order valence-electron chi connectivity index (χ3n) is 3.31. The number of para-hydroxylation sites is 1. The van der Waals surface area contributed by atoms with E-state index in [4.69, 9.17) is 22.1 Å². The van der Waals surface area contributed by atoms with Gasteiger partial charge in [0.05, 0.1) is 6.61 Å². The molecule has 3 heteroatoms. The zero-order chi connectivity index (χ0) is 14.2. The molecule has 0 saturated carbocycles. The van der Waals surface area contributed by atoms with Crippen LogP contribution in [0.2, 0.25) is 5.02 Å². The zero-order valence-corrected chi connectivity index (χ0v) is 12.2. The molecule has 0 amide bonds. The van der Waals surface area contributed by atoms with Crippen LogP contribution in [0, 0.1) is 5.92 Å². The van der Waals surface area contributed by atoms with Gasteiger partial charge in [0.2, 0.25) is 0 Å². The lowest BCUT2D eigenvalue weighted by molar-refractivity contribution is 0.279. The first-order valence-electron chi connectivity index (χ1n) is 6.90. The van der Waals surface area contributed by atoms with E-state index in [-0.39, 0.29) is 0 Å². The second-order valence-corrected chi connectivity index (χ2v) is 5.32. The predicted octanol–water partition coefficient (Wildman–Crippen LogP) is 3.93. The van der Waals surface area contributed by atoms with E-state index in [2.05, 4.69) is 12.1 Å². The molecule has 0 aliphatic heterocycles. The summed E-state index contributed by atoms with van der Waals surface area (Å²) in [5, 5.41) is 0.769. The van der Waals surface area contributed by atoms with E-state index in [9.17, 15) is 0 Å². The molecule has 0 saturated heterocycles. The molecule has 2 nitrogen and oxygen atoms in total. The first-order chi connectivity index (χ1) is 9.78. The maximum Gasteiger partial charge on any atom is 0.119 e. The van der Waals surface area contributed by atoms with Crippen molar-refractivity contribution in [3.8, 4) is 5.75 Å². The van der Waals surface area contributed by atoms with Crippen molar-refractivity contribution >= 4 is 11.6 Å². The average Bonchev–Trinajstić information content (AvgIpc) is 2.49. The van der Waals surface area contributed by atoms with E-state index in [0.29, 0.717) is 19.1 Å². The van der Waals surface area contributed by atoms with Gasteiger partial charge in [0.25, 0.3) is 0 Å². The van der Waals surface area contributed by atoms with E-state index in [0.717, 1.165) is 23.6 Å². The lowest BCUT2D eigenvalue weighted by atomic mass is 9.97. The molecule has 0 bridgehead atoms. The van der Waals surface area contributed by atoms with E-state index in [1.54, 1.807) is 0 Å². The van der Waals surface area contributed by atoms with Gasteiger partial charge >= 0.3 is 0 Å². The molecular formula is C17H20ClNO. The first kappa shape index (κ1) is 14.9. The highest BCUT2D eigenvalue weighted by Crippen LogP contribution is 2.16. The quantitative estimate of drug-likeness (QED) is 0.838. The molecule has 2 aromatic carbocycles. The Morgan fingerprint density at radius 3 is 2.35 bits per heavy atom. The van der Waals surface area contributed by atoms with Crippen LogP contribution in [0.5, 0.6) is 5.75 Å². The fraction of sp³-hybridized carbons (Fsp3) is 0.294. The van der Waals surface area contributed by atoms with Crippen molar-refractivity contribution in [2.75, 3.05) is 13.2 Å². The van der Waals surface area contributed by atoms with Crippen LogP contribution in [0.1, 0.15) is 12.0 Å². The normalized spacial score (nSPS) is 12.1. The summed E-state index contributed by atoms with van der Waals surface area (Å²) in [5.41, 5.74) is 7.12. The maximum absolute atomic E-state index is 5.89. The Bertz CT molecular complexity index is 498. The first-order valence-corrected chi connectivity index (χ1v) is 7.28. The molecule has 0 aliphatic carbocycles. The van der Waals surface area contributed by atoms with Crippen LogP contribution >= 0.6 is 11.6 Å². The van der Waals surface area contributed by atoms with Crippen molar-refractivity contribution in [3.05, 3.63) is 65.2 Å². The summed E-state index contributed by atoms with van der Waals surface area (Å²) in [4.78, 5) is 0. The molecule has 1 atom stereocenters. The number of nitrogens with two attached hydrogens (primary N) is 1. The van der Waals surface area contributed by atoms with Gasteiger partial charge < -0.3 is 10.5 Å². The molecule has 0 spiro atoms. The molecule has 0 aliphatic rings. The van der Waals surface area contributed by atoms with Crippen molar-refractivity contribution < 1.29 is 4.74 Å². The minimum absolute atomic E-state index is 0.430. The van der Waals surface area contributed by atoms with Crippen molar-refractivity contribution in [1.29, 1.82) is 0 Å². The van der Waals surface area contributed by atoms with Crippen LogP contribution in [-0.2, 0) is 6.42 Å². The van der Waals surface area contributed by atoms with Gasteiger partial charge in [-0.25, -0.2) is 0 Å². The van der Waals surface area contributed by atoms with E-state index in [1.807, 2.05) is 42.5 Å². The predicted molar refractivity (Wildman–Crippen MR) is 84.3 cm³/mol. The molecule has 106 valence electrons. The molecule has 2 rings (SSSR count). The van der Waals surface area contributed by atoms with Crippen molar-refractivity contribution in [1.82, 2.24) is 0 Å². The lowest BCUT2D eigenvalue weighted by Gasteiger charge is -2.15. The number of hydrogen-bond donors (Lipinski definition) is 1. The Hall–Kier alpha value is -1.51. The summed E-state index contributed by atoms with van der Waals surface area (Å²) in [5.74, 6) is 1.34. The van der Waals surface area contributed by atoms with Gasteiger partial charge in [-0.1, -0.05) is 41.9 Å². The largest absolute Gasteiger partial charge is 0.494 e. The molecule has 0 fully saturated rings. The highest BCUT2D eigenvalue weighted by atomic mass is 35.5. The second-order valence-electron chi connectivity index (χ2n) is 4.88. The summed E-state index contributed by atoms with van der Waals surface area (Å²) in [7, 11) is 0. The van der Waals surface area contributed by atoms with Crippen LogP contribution < -0.4 is 10.5 Å². The number of ether oxygens (including phenoxy) is 1. The van der Waals surface area contributed by atoms with Gasteiger partial charge in [0, 0.05) is 5.02 Å². The Morgan fingerprint density at radius 2 is 1.70 bits per heavy atom. The minimum atomic E-state index is 0.430. The van der Waals surface area contributed by atoms with Crippen molar-refractivity contribution in [3.63, 3.8) is 0 Å². The summed E-state index contributed by atoms with van der Waals surface area (Å²) >= 11 is 5.89. The van der Waals surface area contributed by atoms with Crippen molar-refractivity contribution in [2.45, 2.75) is 12.8 Å². The highest BCUT2D eigenvalue weighted by molar-refractivity contribution is 6.30. The Labute approximate surface area is 125 Å². The molecule has 1 unspecified atom stereocenters. The summed E-state index contributed by atoms with van der Waals surface area (Å²) in [6, 6.07) is 17.8. The second kappa shape index (κ2) is 7.93. The van der Waals surface area contributed by atoms with Crippen LogP contribution in [0.15, 0.2) is 54.6 Å². The zero-order valence-electron chi connectivity index (χ0n) is 11.5. The van der Waals surface area contributed by atoms with E-state index in [1.165, 1.54) is 5.56 Å². The SMILES string of the molecule is NCC(CCOc1ccccc1)Cc1ccc(Cl)cc1. The maximum atomic E-state index is 5.89.